The minimum absolute atomic E-state index is 0.0484. The van der Waals surface area contributed by atoms with Crippen molar-refractivity contribution in [1.82, 2.24) is 0 Å². The number of carbonyl (C=O) groups is 1. The number of carbonyl (C=O) groups excluding carboxylic acids is 1. The Kier molecular flexibility index (Phi) is 4.18. The van der Waals surface area contributed by atoms with Crippen molar-refractivity contribution in [1.29, 1.82) is 0 Å². The van der Waals surface area contributed by atoms with Gasteiger partial charge in [0.25, 0.3) is 0 Å². The lowest BCUT2D eigenvalue weighted by Crippen LogP contribution is -2.19. The molecule has 0 amide bonds. The Hall–Kier alpha value is -1.23. The van der Waals surface area contributed by atoms with Gasteiger partial charge in [0.05, 0.1) is 11.3 Å². The summed E-state index contributed by atoms with van der Waals surface area (Å²) in [4.78, 5) is 11.5. The molecule has 16 heavy (non-hydrogen) atoms. The first-order valence-corrected chi connectivity index (χ1v) is 6.76. The summed E-state index contributed by atoms with van der Waals surface area (Å²) >= 11 is 0. The molecule has 0 heterocycles. The molecular weight excluding hydrogens is 231 g/mol. The molecule has 0 aromatic heterocycles. The van der Waals surface area contributed by atoms with E-state index in [1.807, 2.05) is 0 Å². The number of halogens is 1. The molecule has 0 saturated carbocycles. The first kappa shape index (κ1) is 12.8. The maximum Gasteiger partial charge on any atom is 0.180 e. The Bertz CT molecular complexity index is 480. The molecule has 88 valence electrons. The zero-order valence-electron chi connectivity index (χ0n) is 8.94. The van der Waals surface area contributed by atoms with Crippen LogP contribution in [0.1, 0.15) is 23.7 Å². The number of rotatable bonds is 5. The normalized spacial score (nSPS) is 11.4. The van der Waals surface area contributed by atoms with Crippen LogP contribution >= 0.6 is 0 Å². The average Bonchev–Trinajstić information content (AvgIpc) is 2.17. The lowest BCUT2D eigenvalue weighted by atomic mass is 10.1. The molecule has 0 unspecified atom stereocenters. The highest BCUT2D eigenvalue weighted by molar-refractivity contribution is 7.92. The Labute approximate surface area is 94.2 Å². The van der Waals surface area contributed by atoms with Crippen LogP contribution in [0, 0.1) is 5.82 Å². The van der Waals surface area contributed by atoms with Crippen LogP contribution in [0.4, 0.5) is 4.39 Å². The van der Waals surface area contributed by atoms with E-state index in [1.165, 1.54) is 18.2 Å². The topological polar surface area (TPSA) is 51.2 Å². The van der Waals surface area contributed by atoms with Crippen molar-refractivity contribution in [3.63, 3.8) is 0 Å². The van der Waals surface area contributed by atoms with Crippen LogP contribution in [-0.4, -0.2) is 25.7 Å². The lowest BCUT2D eigenvalue weighted by Gasteiger charge is -2.03. The van der Waals surface area contributed by atoms with E-state index in [4.69, 9.17) is 0 Å². The van der Waals surface area contributed by atoms with E-state index in [0.717, 1.165) is 6.07 Å². The highest BCUT2D eigenvalue weighted by Crippen LogP contribution is 2.09. The standard InChI is InChI=1S/C11H13FO3S/c1-2-7-16(14,15)8-11(13)9-5-3-4-6-10(9)12/h3-6H,2,7-8H2,1H3. The van der Waals surface area contributed by atoms with Gasteiger partial charge in [-0.1, -0.05) is 19.1 Å². The molecule has 1 aromatic carbocycles. The molecule has 0 N–H and O–H groups in total. The summed E-state index contributed by atoms with van der Waals surface area (Å²) in [6.07, 6.45) is 0.451. The predicted molar refractivity (Wildman–Crippen MR) is 59.7 cm³/mol. The monoisotopic (exact) mass is 244 g/mol. The van der Waals surface area contributed by atoms with Crippen molar-refractivity contribution in [3.8, 4) is 0 Å². The molecule has 0 saturated heterocycles. The van der Waals surface area contributed by atoms with Gasteiger partial charge in [0.1, 0.15) is 11.6 Å². The molecule has 0 aliphatic heterocycles. The Morgan fingerprint density at radius 2 is 1.94 bits per heavy atom. The van der Waals surface area contributed by atoms with E-state index in [1.54, 1.807) is 6.92 Å². The molecule has 5 heteroatoms. The summed E-state index contributed by atoms with van der Waals surface area (Å²) in [5.41, 5.74) is -0.165. The minimum atomic E-state index is -3.41. The third-order valence-electron chi connectivity index (χ3n) is 2.04. The molecule has 1 rings (SSSR count). The molecule has 0 aliphatic carbocycles. The lowest BCUT2D eigenvalue weighted by molar-refractivity contribution is 0.101. The number of Topliss-reactive ketones (excluding diaryl/α,β-unsaturated/α-hetero) is 1. The van der Waals surface area contributed by atoms with Gasteiger partial charge in [-0.25, -0.2) is 12.8 Å². The fourth-order valence-corrected chi connectivity index (χ4v) is 2.67. The third kappa shape index (κ3) is 3.41. The van der Waals surface area contributed by atoms with Crippen LogP contribution < -0.4 is 0 Å². The minimum Gasteiger partial charge on any atom is -0.293 e. The Morgan fingerprint density at radius 1 is 1.31 bits per heavy atom. The predicted octanol–water partition coefficient (Wildman–Crippen LogP) is 1.83. The van der Waals surface area contributed by atoms with E-state index in [0.29, 0.717) is 6.42 Å². The van der Waals surface area contributed by atoms with Gasteiger partial charge in [-0.3, -0.25) is 4.79 Å². The van der Waals surface area contributed by atoms with Crippen molar-refractivity contribution in [3.05, 3.63) is 35.6 Å². The summed E-state index contributed by atoms with van der Waals surface area (Å²) < 4.78 is 36.0. The molecule has 1 aromatic rings. The summed E-state index contributed by atoms with van der Waals surface area (Å²) in [7, 11) is -3.41. The van der Waals surface area contributed by atoms with Crippen LogP contribution in [0.25, 0.3) is 0 Å². The molecule has 0 spiro atoms. The molecule has 0 bridgehead atoms. The van der Waals surface area contributed by atoms with Crippen LogP contribution in [-0.2, 0) is 9.84 Å². The number of ketones is 1. The first-order valence-electron chi connectivity index (χ1n) is 4.94. The van der Waals surface area contributed by atoms with Gasteiger partial charge in [0, 0.05) is 0 Å². The second kappa shape index (κ2) is 5.21. The smallest absolute Gasteiger partial charge is 0.180 e. The fourth-order valence-electron chi connectivity index (χ4n) is 1.35. The SMILES string of the molecule is CCCS(=O)(=O)CC(=O)c1ccccc1F. The highest BCUT2D eigenvalue weighted by Gasteiger charge is 2.19. The maximum absolute atomic E-state index is 13.2. The van der Waals surface area contributed by atoms with Gasteiger partial charge in [0.2, 0.25) is 0 Å². The first-order chi connectivity index (χ1) is 7.46. The molecule has 0 atom stereocenters. The molecule has 3 nitrogen and oxygen atoms in total. The van der Waals surface area contributed by atoms with E-state index in [9.17, 15) is 17.6 Å². The van der Waals surface area contributed by atoms with Crippen molar-refractivity contribution >= 4 is 15.6 Å². The van der Waals surface area contributed by atoms with E-state index >= 15 is 0 Å². The van der Waals surface area contributed by atoms with Gasteiger partial charge in [-0.2, -0.15) is 0 Å². The molecule has 0 fully saturated rings. The Balaban J connectivity index is 2.85. The Morgan fingerprint density at radius 3 is 2.50 bits per heavy atom. The molecular formula is C11H13FO3S. The number of hydrogen-bond donors (Lipinski definition) is 0. The second-order valence-electron chi connectivity index (χ2n) is 3.50. The van der Waals surface area contributed by atoms with Crippen molar-refractivity contribution in [2.24, 2.45) is 0 Å². The third-order valence-corrected chi connectivity index (χ3v) is 3.77. The van der Waals surface area contributed by atoms with Gasteiger partial charge < -0.3 is 0 Å². The number of sulfone groups is 1. The average molecular weight is 244 g/mol. The van der Waals surface area contributed by atoms with Crippen LogP contribution in [0.5, 0.6) is 0 Å². The van der Waals surface area contributed by atoms with Gasteiger partial charge in [-0.15, -0.1) is 0 Å². The largest absolute Gasteiger partial charge is 0.293 e. The van der Waals surface area contributed by atoms with Gasteiger partial charge in [-0.05, 0) is 18.6 Å². The van der Waals surface area contributed by atoms with Crippen molar-refractivity contribution in [2.45, 2.75) is 13.3 Å². The van der Waals surface area contributed by atoms with E-state index < -0.39 is 27.2 Å². The van der Waals surface area contributed by atoms with Gasteiger partial charge in [0.15, 0.2) is 15.6 Å². The number of benzene rings is 1. The highest BCUT2D eigenvalue weighted by atomic mass is 32.2. The van der Waals surface area contributed by atoms with Gasteiger partial charge >= 0.3 is 0 Å². The van der Waals surface area contributed by atoms with Crippen LogP contribution in [0.3, 0.4) is 0 Å². The molecule has 0 radical (unpaired) electrons. The van der Waals surface area contributed by atoms with E-state index in [2.05, 4.69) is 0 Å². The van der Waals surface area contributed by atoms with Crippen molar-refractivity contribution in [2.75, 3.05) is 11.5 Å². The zero-order chi connectivity index (χ0) is 12.2. The fraction of sp³-hybridized carbons (Fsp3) is 0.364. The van der Waals surface area contributed by atoms with E-state index in [-0.39, 0.29) is 11.3 Å². The maximum atomic E-state index is 13.2. The van der Waals surface area contributed by atoms with Crippen LogP contribution in [0.2, 0.25) is 0 Å². The molecule has 0 aliphatic rings. The van der Waals surface area contributed by atoms with Crippen LogP contribution in [0.15, 0.2) is 24.3 Å². The number of hydrogen-bond acceptors (Lipinski definition) is 3. The summed E-state index contributed by atoms with van der Waals surface area (Å²) in [6.45, 7) is 1.71. The summed E-state index contributed by atoms with van der Waals surface area (Å²) in [5, 5.41) is 0. The quantitative estimate of drug-likeness (QED) is 0.742. The zero-order valence-corrected chi connectivity index (χ0v) is 9.76. The summed E-state index contributed by atoms with van der Waals surface area (Å²) in [5.74, 6) is -2.04. The second-order valence-corrected chi connectivity index (χ2v) is 5.68. The summed E-state index contributed by atoms with van der Waals surface area (Å²) in [6, 6.07) is 5.38. The van der Waals surface area contributed by atoms with Crippen molar-refractivity contribution < 1.29 is 17.6 Å².